The maximum Gasteiger partial charge on any atom is 0.336 e. The zero-order chi connectivity index (χ0) is 16.9. The van der Waals surface area contributed by atoms with Crippen LogP contribution in [0, 0.1) is 0 Å². The Hall–Kier alpha value is -2.62. The predicted octanol–water partition coefficient (Wildman–Crippen LogP) is -0.154. The molecular formula is C14H19N7O3. The van der Waals surface area contributed by atoms with Crippen LogP contribution in [-0.2, 0) is 4.79 Å². The minimum atomic E-state index is -0.416. The van der Waals surface area contributed by atoms with E-state index in [2.05, 4.69) is 25.4 Å². The van der Waals surface area contributed by atoms with Crippen molar-refractivity contribution in [1.29, 1.82) is 0 Å². The number of rotatable bonds is 5. The van der Waals surface area contributed by atoms with Gasteiger partial charge in [-0.2, -0.15) is 0 Å². The van der Waals surface area contributed by atoms with Crippen molar-refractivity contribution in [3.63, 3.8) is 0 Å². The third-order valence-electron chi connectivity index (χ3n) is 3.68. The van der Waals surface area contributed by atoms with Gasteiger partial charge in [-0.3, -0.25) is 0 Å². The van der Waals surface area contributed by atoms with Gasteiger partial charge in [-0.25, -0.2) is 14.8 Å². The topological polar surface area (TPSA) is 119 Å². The maximum atomic E-state index is 11.4. The molecule has 10 nitrogen and oxygen atoms in total. The summed E-state index contributed by atoms with van der Waals surface area (Å²) >= 11 is 0. The third kappa shape index (κ3) is 3.82. The molecule has 2 aromatic rings. The van der Waals surface area contributed by atoms with Gasteiger partial charge in [0.2, 0.25) is 11.8 Å². The van der Waals surface area contributed by atoms with E-state index in [1.807, 2.05) is 11.8 Å². The largest absolute Gasteiger partial charge is 0.393 e. The Labute approximate surface area is 138 Å². The summed E-state index contributed by atoms with van der Waals surface area (Å²) in [5, 5.41) is 21.0. The smallest absolute Gasteiger partial charge is 0.336 e. The zero-order valence-electron chi connectivity index (χ0n) is 13.4. The highest BCUT2D eigenvalue weighted by atomic mass is 16.7. The molecule has 1 fully saturated rings. The van der Waals surface area contributed by atoms with Gasteiger partial charge in [-0.05, 0) is 24.5 Å². The molecule has 0 unspecified atom stereocenters. The summed E-state index contributed by atoms with van der Waals surface area (Å²) < 4.78 is 0. The molecule has 0 saturated carbocycles. The molecule has 3 rings (SSSR count). The molecule has 0 amide bonds. The van der Waals surface area contributed by atoms with Crippen molar-refractivity contribution in [2.24, 2.45) is 0 Å². The van der Waals surface area contributed by atoms with Crippen LogP contribution in [0.25, 0.3) is 11.4 Å². The number of aromatic nitrogens is 6. The molecule has 0 atom stereocenters. The second kappa shape index (κ2) is 7.30. The second-order valence-corrected chi connectivity index (χ2v) is 5.57. The van der Waals surface area contributed by atoms with E-state index in [4.69, 9.17) is 4.84 Å². The number of piperidine rings is 1. The molecule has 128 valence electrons. The normalized spacial score (nSPS) is 15.5. The number of aliphatic hydroxyl groups is 1. The molecule has 0 aromatic carbocycles. The number of aliphatic hydroxyl groups excluding tert-OH is 1. The van der Waals surface area contributed by atoms with Gasteiger partial charge >= 0.3 is 5.97 Å². The van der Waals surface area contributed by atoms with Crippen LogP contribution in [-0.4, -0.2) is 60.6 Å². The first-order valence-electron chi connectivity index (χ1n) is 7.92. The highest BCUT2D eigenvalue weighted by molar-refractivity contribution is 5.69. The van der Waals surface area contributed by atoms with E-state index in [-0.39, 0.29) is 11.9 Å². The molecule has 3 heterocycles. The zero-order valence-corrected chi connectivity index (χ0v) is 13.4. The lowest BCUT2D eigenvalue weighted by Gasteiger charge is -2.29. The van der Waals surface area contributed by atoms with Gasteiger partial charge in [-0.1, -0.05) is 12.0 Å². The summed E-state index contributed by atoms with van der Waals surface area (Å²) in [4.78, 5) is 27.8. The molecular weight excluding hydrogens is 314 g/mol. The first-order chi connectivity index (χ1) is 11.7. The number of carbonyl (C=O) groups is 1. The van der Waals surface area contributed by atoms with Crippen LogP contribution in [0.4, 0.5) is 5.95 Å². The molecule has 2 aromatic heterocycles. The van der Waals surface area contributed by atoms with Gasteiger partial charge in [0.05, 0.1) is 11.7 Å². The minimum absolute atomic E-state index is 0.241. The van der Waals surface area contributed by atoms with Gasteiger partial charge in [0.15, 0.2) is 0 Å². The van der Waals surface area contributed by atoms with Crippen LogP contribution < -0.4 is 9.74 Å². The lowest BCUT2D eigenvalue weighted by Crippen LogP contribution is -2.36. The lowest BCUT2D eigenvalue weighted by atomic mass is 10.1. The first kappa shape index (κ1) is 16.2. The summed E-state index contributed by atoms with van der Waals surface area (Å²) in [7, 11) is 0. The molecule has 0 radical (unpaired) electrons. The molecule has 0 aliphatic carbocycles. The average Bonchev–Trinajstić information content (AvgIpc) is 3.04. The first-order valence-corrected chi connectivity index (χ1v) is 7.92. The van der Waals surface area contributed by atoms with E-state index in [1.165, 1.54) is 0 Å². The van der Waals surface area contributed by atoms with Crippen molar-refractivity contribution in [1.82, 2.24) is 30.3 Å². The van der Waals surface area contributed by atoms with Gasteiger partial charge in [0, 0.05) is 36.9 Å². The lowest BCUT2D eigenvalue weighted by molar-refractivity contribution is -0.148. The van der Waals surface area contributed by atoms with E-state index in [0.717, 1.165) is 18.0 Å². The molecule has 1 aliphatic heterocycles. The summed E-state index contributed by atoms with van der Waals surface area (Å²) in [5.74, 6) is 0.465. The SMILES string of the molecule is CCCC(=O)On1nnc(-c2cnc(N3CCC(O)CC3)nc2)n1. The molecule has 0 bridgehead atoms. The second-order valence-electron chi connectivity index (χ2n) is 5.57. The quantitative estimate of drug-likeness (QED) is 0.745. The number of nitrogens with zero attached hydrogens (tertiary/aromatic N) is 7. The fraction of sp³-hybridized carbons (Fsp3) is 0.571. The van der Waals surface area contributed by atoms with Crippen molar-refractivity contribution < 1.29 is 14.7 Å². The highest BCUT2D eigenvalue weighted by Crippen LogP contribution is 2.18. The Morgan fingerprint density at radius 1 is 1.33 bits per heavy atom. The molecule has 24 heavy (non-hydrogen) atoms. The summed E-state index contributed by atoms with van der Waals surface area (Å²) in [6, 6.07) is 0. The van der Waals surface area contributed by atoms with Gasteiger partial charge in [0.1, 0.15) is 0 Å². The monoisotopic (exact) mass is 333 g/mol. The van der Waals surface area contributed by atoms with E-state index < -0.39 is 5.97 Å². The fourth-order valence-electron chi connectivity index (χ4n) is 2.36. The summed E-state index contributed by atoms with van der Waals surface area (Å²) in [6.07, 6.45) is 5.36. The van der Waals surface area contributed by atoms with E-state index in [9.17, 15) is 9.90 Å². The van der Waals surface area contributed by atoms with Crippen LogP contribution >= 0.6 is 0 Å². The maximum absolute atomic E-state index is 11.4. The van der Waals surface area contributed by atoms with Crippen LogP contribution in [0.5, 0.6) is 0 Å². The number of hydrogen-bond acceptors (Lipinski definition) is 9. The predicted molar refractivity (Wildman–Crippen MR) is 82.8 cm³/mol. The number of tetrazole rings is 1. The molecule has 1 saturated heterocycles. The van der Waals surface area contributed by atoms with Crippen molar-refractivity contribution in [2.45, 2.75) is 38.7 Å². The van der Waals surface area contributed by atoms with Crippen LogP contribution in [0.1, 0.15) is 32.6 Å². The Kier molecular flexibility index (Phi) is 4.94. The van der Waals surface area contributed by atoms with Crippen LogP contribution in [0.3, 0.4) is 0 Å². The van der Waals surface area contributed by atoms with E-state index in [1.54, 1.807) is 12.4 Å². The number of carbonyl (C=O) groups excluding carboxylic acids is 1. The minimum Gasteiger partial charge on any atom is -0.393 e. The Morgan fingerprint density at radius 2 is 2.04 bits per heavy atom. The standard InChI is InChI=1S/C14H19N7O3/c1-2-3-12(23)24-21-18-13(17-19-21)10-8-15-14(16-9-10)20-6-4-11(22)5-7-20/h8-9,11,22H,2-7H2,1H3. The van der Waals surface area contributed by atoms with Crippen LogP contribution in [0.15, 0.2) is 12.4 Å². The Bertz CT molecular complexity index is 680. The Balaban J connectivity index is 1.65. The molecule has 10 heteroatoms. The van der Waals surface area contributed by atoms with E-state index in [0.29, 0.717) is 37.2 Å². The molecule has 1 N–H and O–H groups in total. The third-order valence-corrected chi connectivity index (χ3v) is 3.68. The van der Waals surface area contributed by atoms with E-state index >= 15 is 0 Å². The average molecular weight is 333 g/mol. The number of anilines is 1. The highest BCUT2D eigenvalue weighted by Gasteiger charge is 2.19. The van der Waals surface area contributed by atoms with Gasteiger partial charge < -0.3 is 14.8 Å². The Morgan fingerprint density at radius 3 is 2.71 bits per heavy atom. The van der Waals surface area contributed by atoms with Crippen molar-refractivity contribution in [3.8, 4) is 11.4 Å². The van der Waals surface area contributed by atoms with Crippen molar-refractivity contribution in [2.75, 3.05) is 18.0 Å². The van der Waals surface area contributed by atoms with Crippen LogP contribution in [0.2, 0.25) is 0 Å². The van der Waals surface area contributed by atoms with Gasteiger partial charge in [0.25, 0.3) is 0 Å². The number of hydrogen-bond donors (Lipinski definition) is 1. The summed E-state index contributed by atoms with van der Waals surface area (Å²) in [6.45, 7) is 3.33. The molecule has 1 aliphatic rings. The van der Waals surface area contributed by atoms with Gasteiger partial charge in [-0.15, -0.1) is 5.10 Å². The fourth-order valence-corrected chi connectivity index (χ4v) is 2.36. The van der Waals surface area contributed by atoms with Crippen molar-refractivity contribution in [3.05, 3.63) is 12.4 Å². The summed E-state index contributed by atoms with van der Waals surface area (Å²) in [5.41, 5.74) is 0.577. The molecule has 0 spiro atoms. The van der Waals surface area contributed by atoms with Crippen molar-refractivity contribution >= 4 is 11.9 Å².